The molecule has 0 spiro atoms. The lowest BCUT2D eigenvalue weighted by Crippen LogP contribution is -2.41. The van der Waals surface area contributed by atoms with Crippen molar-refractivity contribution in [3.8, 4) is 0 Å². The van der Waals surface area contributed by atoms with Crippen LogP contribution in [0.1, 0.15) is 0 Å². The molecule has 16 heavy (non-hydrogen) atoms. The summed E-state index contributed by atoms with van der Waals surface area (Å²) >= 11 is 0. The van der Waals surface area contributed by atoms with E-state index in [9.17, 15) is 0 Å². The summed E-state index contributed by atoms with van der Waals surface area (Å²) in [5, 5.41) is 4.46. The minimum Gasteiger partial charge on any atom is -0.301 e. The number of hydrazine groups is 1. The molecule has 0 bridgehead atoms. The van der Waals surface area contributed by atoms with Gasteiger partial charge >= 0.3 is 0 Å². The molecule has 78 valence electrons. The second kappa shape index (κ2) is 3.74. The van der Waals surface area contributed by atoms with E-state index < -0.39 is 0 Å². The molecular weight excluding hydrogens is 196 g/mol. The minimum absolute atomic E-state index is 1.13. The van der Waals surface area contributed by atoms with E-state index in [-0.39, 0.29) is 0 Å². The predicted octanol–water partition coefficient (Wildman–Crippen LogP) is 1.19. The van der Waals surface area contributed by atoms with Gasteiger partial charge in [0.1, 0.15) is 0 Å². The molecule has 2 nitrogen and oxygen atoms in total. The average molecular weight is 208 g/mol. The van der Waals surface area contributed by atoms with Crippen LogP contribution in [-0.4, -0.2) is 0 Å². The number of nitrogens with one attached hydrogen (secondary N) is 1. The second-order valence-corrected chi connectivity index (χ2v) is 3.74. The van der Waals surface area contributed by atoms with E-state index in [1.54, 1.807) is 0 Å². The van der Waals surface area contributed by atoms with Crippen molar-refractivity contribution >= 4 is 18.1 Å². The molecule has 0 atom stereocenters. The van der Waals surface area contributed by atoms with Gasteiger partial charge in [0.25, 0.3) is 0 Å². The fourth-order valence-corrected chi connectivity index (χ4v) is 1.81. The standard InChI is InChI=1S/C14H12N2/c1-2-8-14(9-3-1)16-11-13-7-5-4-6-12(13)10-15-16/h1-11,15H. The summed E-state index contributed by atoms with van der Waals surface area (Å²) in [6, 6.07) is 18.5. The molecule has 1 aliphatic rings. The van der Waals surface area contributed by atoms with Gasteiger partial charge in [-0.3, -0.25) is 5.01 Å². The molecule has 1 aliphatic heterocycles. The summed E-state index contributed by atoms with van der Waals surface area (Å²) in [5.41, 5.74) is 4.38. The SMILES string of the molecule is C1=c2ccccc2=CN(c2ccccc2)N1. The predicted molar refractivity (Wildman–Crippen MR) is 66.7 cm³/mol. The summed E-state index contributed by atoms with van der Waals surface area (Å²) in [6.07, 6.45) is 4.12. The molecule has 2 aromatic carbocycles. The fourth-order valence-electron chi connectivity index (χ4n) is 1.81. The molecule has 0 aromatic heterocycles. The molecule has 0 fully saturated rings. The van der Waals surface area contributed by atoms with Crippen molar-refractivity contribution in [2.45, 2.75) is 0 Å². The first-order valence-corrected chi connectivity index (χ1v) is 5.31. The van der Waals surface area contributed by atoms with Crippen molar-refractivity contribution in [3.05, 3.63) is 65.0 Å². The minimum atomic E-state index is 1.13. The molecule has 1 N–H and O–H groups in total. The van der Waals surface area contributed by atoms with Crippen molar-refractivity contribution in [1.82, 2.24) is 5.43 Å². The van der Waals surface area contributed by atoms with E-state index in [1.165, 1.54) is 10.4 Å². The van der Waals surface area contributed by atoms with E-state index in [0.717, 1.165) is 5.69 Å². The van der Waals surface area contributed by atoms with Crippen LogP contribution in [0.4, 0.5) is 5.69 Å². The lowest BCUT2D eigenvalue weighted by molar-refractivity contribution is 0.941. The molecule has 0 unspecified atom stereocenters. The van der Waals surface area contributed by atoms with Gasteiger partial charge in [0.2, 0.25) is 0 Å². The number of hydrogen-bond acceptors (Lipinski definition) is 2. The van der Waals surface area contributed by atoms with E-state index in [4.69, 9.17) is 0 Å². The topological polar surface area (TPSA) is 15.3 Å². The Bertz CT molecular complexity index is 602. The van der Waals surface area contributed by atoms with Crippen LogP contribution in [0.5, 0.6) is 0 Å². The number of para-hydroxylation sites is 1. The van der Waals surface area contributed by atoms with Crippen LogP contribution >= 0.6 is 0 Å². The average Bonchev–Trinajstić information content (AvgIpc) is 2.39. The summed E-state index contributed by atoms with van der Waals surface area (Å²) in [7, 11) is 0. The Morgan fingerprint density at radius 2 is 1.44 bits per heavy atom. The van der Waals surface area contributed by atoms with E-state index in [1.807, 2.05) is 35.5 Å². The van der Waals surface area contributed by atoms with Gasteiger partial charge in [-0.25, -0.2) is 0 Å². The second-order valence-electron chi connectivity index (χ2n) is 3.74. The summed E-state index contributed by atoms with van der Waals surface area (Å²) < 4.78 is 0. The maximum absolute atomic E-state index is 3.24. The van der Waals surface area contributed by atoms with Crippen molar-refractivity contribution in [2.75, 3.05) is 5.01 Å². The number of anilines is 1. The van der Waals surface area contributed by atoms with Gasteiger partial charge < -0.3 is 5.43 Å². The molecule has 0 amide bonds. The third kappa shape index (κ3) is 1.54. The van der Waals surface area contributed by atoms with Crippen molar-refractivity contribution in [1.29, 1.82) is 0 Å². The van der Waals surface area contributed by atoms with Crippen LogP contribution < -0.4 is 20.9 Å². The zero-order chi connectivity index (χ0) is 10.8. The molecule has 3 rings (SSSR count). The lowest BCUT2D eigenvalue weighted by atomic mass is 10.2. The number of fused-ring (bicyclic) bond motifs is 1. The molecule has 1 heterocycles. The van der Waals surface area contributed by atoms with Gasteiger partial charge in [0, 0.05) is 22.8 Å². The zero-order valence-corrected chi connectivity index (χ0v) is 8.80. The zero-order valence-electron chi connectivity index (χ0n) is 8.80. The maximum Gasteiger partial charge on any atom is 0.0623 e. The van der Waals surface area contributed by atoms with Gasteiger partial charge in [-0.15, -0.1) is 0 Å². The van der Waals surface area contributed by atoms with Gasteiger partial charge in [-0.1, -0.05) is 42.5 Å². The monoisotopic (exact) mass is 208 g/mol. The molecular formula is C14H12N2. The van der Waals surface area contributed by atoms with Crippen molar-refractivity contribution < 1.29 is 0 Å². The molecule has 0 radical (unpaired) electrons. The van der Waals surface area contributed by atoms with Gasteiger partial charge in [-0.05, 0) is 12.1 Å². The number of hydrogen-bond donors (Lipinski definition) is 1. The Hall–Kier alpha value is -2.22. The molecule has 2 heteroatoms. The van der Waals surface area contributed by atoms with E-state index in [2.05, 4.69) is 42.0 Å². The first-order chi connectivity index (χ1) is 7.93. The van der Waals surface area contributed by atoms with Crippen molar-refractivity contribution in [3.63, 3.8) is 0 Å². The largest absolute Gasteiger partial charge is 0.301 e. The first-order valence-electron chi connectivity index (χ1n) is 5.31. The Morgan fingerprint density at radius 3 is 2.25 bits per heavy atom. The highest BCUT2D eigenvalue weighted by Crippen LogP contribution is 2.11. The highest BCUT2D eigenvalue weighted by molar-refractivity contribution is 5.60. The molecule has 0 saturated heterocycles. The van der Waals surface area contributed by atoms with Crippen LogP contribution in [0, 0.1) is 0 Å². The summed E-state index contributed by atoms with van der Waals surface area (Å²) in [5.74, 6) is 0. The maximum atomic E-state index is 3.24. The van der Waals surface area contributed by atoms with Gasteiger partial charge in [0.15, 0.2) is 0 Å². The third-order valence-corrected chi connectivity index (χ3v) is 2.66. The lowest BCUT2D eigenvalue weighted by Gasteiger charge is -2.22. The Morgan fingerprint density at radius 1 is 0.750 bits per heavy atom. The van der Waals surface area contributed by atoms with Crippen LogP contribution in [0.15, 0.2) is 54.6 Å². The Kier molecular flexibility index (Phi) is 2.11. The quantitative estimate of drug-likeness (QED) is 0.757. The highest BCUT2D eigenvalue weighted by Gasteiger charge is 2.02. The van der Waals surface area contributed by atoms with E-state index >= 15 is 0 Å². The van der Waals surface area contributed by atoms with Crippen LogP contribution in [0.25, 0.3) is 12.4 Å². The normalized spacial score (nSPS) is 13.1. The Balaban J connectivity index is 2.08. The Labute approximate surface area is 94.1 Å². The third-order valence-electron chi connectivity index (χ3n) is 2.66. The van der Waals surface area contributed by atoms with Crippen LogP contribution in [0.3, 0.4) is 0 Å². The van der Waals surface area contributed by atoms with Gasteiger partial charge in [-0.2, -0.15) is 0 Å². The van der Waals surface area contributed by atoms with Gasteiger partial charge in [0.05, 0.1) is 5.69 Å². The highest BCUT2D eigenvalue weighted by atomic mass is 15.5. The number of rotatable bonds is 1. The molecule has 2 aromatic rings. The van der Waals surface area contributed by atoms with E-state index in [0.29, 0.717) is 0 Å². The molecule has 0 aliphatic carbocycles. The van der Waals surface area contributed by atoms with Crippen LogP contribution in [0.2, 0.25) is 0 Å². The van der Waals surface area contributed by atoms with Crippen LogP contribution in [-0.2, 0) is 0 Å². The first kappa shape index (κ1) is 9.04. The summed E-state index contributed by atoms with van der Waals surface area (Å²) in [6.45, 7) is 0. The number of nitrogens with zero attached hydrogens (tertiary/aromatic N) is 1. The smallest absolute Gasteiger partial charge is 0.0623 e. The number of benzene rings is 2. The summed E-state index contributed by atoms with van der Waals surface area (Å²) in [4.78, 5) is 0. The fraction of sp³-hybridized carbons (Fsp3) is 0. The molecule has 0 saturated carbocycles. The van der Waals surface area contributed by atoms with Crippen molar-refractivity contribution in [2.24, 2.45) is 0 Å².